The van der Waals surface area contributed by atoms with Crippen LogP contribution in [0.5, 0.6) is 0 Å². The lowest BCUT2D eigenvalue weighted by atomic mass is 10.1. The molecule has 1 atom stereocenters. The van der Waals surface area contributed by atoms with Crippen LogP contribution in [0.3, 0.4) is 0 Å². The first-order valence-electron chi connectivity index (χ1n) is 7.08. The Labute approximate surface area is 138 Å². The monoisotopic (exact) mass is 363 g/mol. The first kappa shape index (κ1) is 14.7. The van der Waals surface area contributed by atoms with Gasteiger partial charge >= 0.3 is 0 Å². The second-order valence-corrected chi connectivity index (χ2v) is 7.08. The quantitative estimate of drug-likeness (QED) is 0.634. The molecule has 0 amide bonds. The summed E-state index contributed by atoms with van der Waals surface area (Å²) in [7, 11) is 0. The number of halogens is 1. The molecule has 2 aliphatic heterocycles. The van der Waals surface area contributed by atoms with Gasteiger partial charge in [-0.1, -0.05) is 53.2 Å². The lowest BCUT2D eigenvalue weighted by molar-refractivity contribution is 0.532. The molecule has 0 saturated heterocycles. The molecule has 21 heavy (non-hydrogen) atoms. The Morgan fingerprint density at radius 2 is 2.10 bits per heavy atom. The maximum absolute atomic E-state index is 4.90. The smallest absolute Gasteiger partial charge is 0.123 e. The molecule has 0 fully saturated rings. The van der Waals surface area contributed by atoms with Gasteiger partial charge in [0, 0.05) is 18.4 Å². The number of hydrogen-bond acceptors (Lipinski definition) is 4. The van der Waals surface area contributed by atoms with Crippen molar-refractivity contribution in [3.63, 3.8) is 0 Å². The summed E-state index contributed by atoms with van der Waals surface area (Å²) >= 11 is 5.40. The summed E-state index contributed by atoms with van der Waals surface area (Å²) in [6.07, 6.45) is 3.23. The first-order chi connectivity index (χ1) is 10.2. The Balaban J connectivity index is 1.92. The van der Waals surface area contributed by atoms with Crippen LogP contribution < -0.4 is 4.72 Å². The molecule has 0 radical (unpaired) electrons. The molecule has 0 bridgehead atoms. The van der Waals surface area contributed by atoms with E-state index in [2.05, 4.69) is 69.9 Å². The summed E-state index contributed by atoms with van der Waals surface area (Å²) in [5.41, 5.74) is 3.51. The fraction of sp³-hybridized carbons (Fsp3) is 0.312. The van der Waals surface area contributed by atoms with E-state index in [0.29, 0.717) is 0 Å². The van der Waals surface area contributed by atoms with Crippen LogP contribution in [0.25, 0.3) is 0 Å². The Kier molecular flexibility index (Phi) is 4.40. The zero-order valence-electron chi connectivity index (χ0n) is 12.1. The molecule has 1 N–H and O–H groups in total. The molecule has 2 heterocycles. The van der Waals surface area contributed by atoms with Gasteiger partial charge in [0.15, 0.2) is 0 Å². The summed E-state index contributed by atoms with van der Waals surface area (Å²) in [6.45, 7) is 5.09. The number of amidine groups is 1. The van der Waals surface area contributed by atoms with E-state index in [4.69, 9.17) is 4.99 Å². The van der Waals surface area contributed by atoms with Crippen molar-refractivity contribution in [1.29, 1.82) is 0 Å². The highest BCUT2D eigenvalue weighted by Crippen LogP contribution is 2.37. The van der Waals surface area contributed by atoms with Crippen molar-refractivity contribution in [3.05, 3.63) is 58.4 Å². The van der Waals surface area contributed by atoms with Crippen molar-refractivity contribution >= 4 is 33.7 Å². The van der Waals surface area contributed by atoms with Crippen molar-refractivity contribution in [3.8, 4) is 0 Å². The van der Waals surface area contributed by atoms with Crippen LogP contribution >= 0.6 is 27.9 Å². The molecule has 0 aliphatic carbocycles. The predicted molar refractivity (Wildman–Crippen MR) is 93.9 cm³/mol. The lowest BCUT2D eigenvalue weighted by Crippen LogP contribution is -2.34. The van der Waals surface area contributed by atoms with Crippen molar-refractivity contribution < 1.29 is 0 Å². The molecule has 1 unspecified atom stereocenters. The van der Waals surface area contributed by atoms with Gasteiger partial charge in [0.25, 0.3) is 0 Å². The molecule has 5 heteroatoms. The number of benzene rings is 1. The first-order valence-corrected chi connectivity index (χ1v) is 8.81. The average Bonchev–Trinajstić information content (AvgIpc) is 2.87. The van der Waals surface area contributed by atoms with Crippen molar-refractivity contribution in [1.82, 2.24) is 9.62 Å². The zero-order valence-corrected chi connectivity index (χ0v) is 14.5. The van der Waals surface area contributed by atoms with Gasteiger partial charge in [-0.3, -0.25) is 0 Å². The van der Waals surface area contributed by atoms with Crippen LogP contribution in [-0.4, -0.2) is 15.6 Å². The number of hydrogen-bond donors (Lipinski definition) is 1. The summed E-state index contributed by atoms with van der Waals surface area (Å²) in [5, 5.41) is 0. The minimum atomic E-state index is 0.268. The number of nitrogens with zero attached hydrogens (tertiary/aromatic N) is 2. The maximum Gasteiger partial charge on any atom is 0.123 e. The number of rotatable bonds is 4. The Bertz CT molecular complexity index is 622. The Morgan fingerprint density at radius 3 is 2.81 bits per heavy atom. The molecule has 2 aliphatic rings. The van der Waals surface area contributed by atoms with Gasteiger partial charge in [-0.2, -0.15) is 0 Å². The van der Waals surface area contributed by atoms with Crippen LogP contribution in [0.1, 0.15) is 25.8 Å². The molecule has 3 nitrogen and oxygen atoms in total. The standard InChI is InChI=1S/C16H18BrN3S/c1-3-13(17)16-18-15-11(2)19-21-14(15)10-20(16)9-12-7-5-4-6-8-12/h4-8,10,13,19H,3,9H2,1-2H3. The topological polar surface area (TPSA) is 27.6 Å². The molecular weight excluding hydrogens is 346 g/mol. The number of aliphatic imine (C=N–C) groups is 1. The fourth-order valence-corrected chi connectivity index (χ4v) is 3.57. The second-order valence-electron chi connectivity index (χ2n) is 5.13. The summed E-state index contributed by atoms with van der Waals surface area (Å²) < 4.78 is 3.30. The van der Waals surface area contributed by atoms with E-state index in [1.165, 1.54) is 10.5 Å². The van der Waals surface area contributed by atoms with Crippen LogP contribution in [0.2, 0.25) is 0 Å². The van der Waals surface area contributed by atoms with Crippen LogP contribution in [0, 0.1) is 0 Å². The molecule has 0 saturated carbocycles. The molecular formula is C16H18BrN3S. The van der Waals surface area contributed by atoms with Gasteiger partial charge in [0.05, 0.1) is 9.73 Å². The highest BCUT2D eigenvalue weighted by Gasteiger charge is 2.28. The molecule has 1 aromatic carbocycles. The third kappa shape index (κ3) is 3.04. The van der Waals surface area contributed by atoms with E-state index >= 15 is 0 Å². The summed E-state index contributed by atoms with van der Waals surface area (Å²) in [4.78, 5) is 8.62. The highest BCUT2D eigenvalue weighted by atomic mass is 79.9. The minimum absolute atomic E-state index is 0.268. The number of alkyl halides is 1. The van der Waals surface area contributed by atoms with Crippen molar-refractivity contribution in [2.75, 3.05) is 0 Å². The molecule has 0 spiro atoms. The maximum atomic E-state index is 4.90. The van der Waals surface area contributed by atoms with Gasteiger partial charge in [-0.15, -0.1) is 0 Å². The highest BCUT2D eigenvalue weighted by molar-refractivity contribution is 9.10. The summed E-state index contributed by atoms with van der Waals surface area (Å²) in [5.74, 6) is 1.09. The number of allylic oxidation sites excluding steroid dienone is 1. The van der Waals surface area contributed by atoms with E-state index in [-0.39, 0.29) is 4.83 Å². The van der Waals surface area contributed by atoms with Gasteiger partial charge in [0.2, 0.25) is 0 Å². The minimum Gasteiger partial charge on any atom is -0.330 e. The Hall–Kier alpha value is -1.20. The van der Waals surface area contributed by atoms with E-state index in [9.17, 15) is 0 Å². The Morgan fingerprint density at radius 1 is 1.33 bits per heavy atom. The normalized spacial score (nSPS) is 18.9. The van der Waals surface area contributed by atoms with Crippen LogP contribution in [0.4, 0.5) is 0 Å². The average molecular weight is 364 g/mol. The third-order valence-corrected chi connectivity index (χ3v) is 5.51. The lowest BCUT2D eigenvalue weighted by Gasteiger charge is -2.29. The predicted octanol–water partition coefficient (Wildman–Crippen LogP) is 4.40. The van der Waals surface area contributed by atoms with Gasteiger partial charge in [-0.25, -0.2) is 4.99 Å². The van der Waals surface area contributed by atoms with E-state index in [1.807, 2.05) is 6.07 Å². The SMILES string of the molecule is CCC(Br)C1=NC2=C(C)NSC2=CN1Cc1ccccc1. The second kappa shape index (κ2) is 6.28. The fourth-order valence-electron chi connectivity index (χ4n) is 2.37. The molecule has 1 aromatic rings. The van der Waals surface area contributed by atoms with Crippen molar-refractivity contribution in [2.24, 2.45) is 4.99 Å². The number of fused-ring (bicyclic) bond motifs is 1. The third-order valence-electron chi connectivity index (χ3n) is 3.53. The van der Waals surface area contributed by atoms with E-state index in [0.717, 1.165) is 30.2 Å². The molecule has 110 valence electrons. The zero-order chi connectivity index (χ0) is 14.8. The molecule has 0 aromatic heterocycles. The van der Waals surface area contributed by atoms with Crippen LogP contribution in [-0.2, 0) is 6.54 Å². The summed E-state index contributed by atoms with van der Waals surface area (Å²) in [6, 6.07) is 10.5. The molecule has 3 rings (SSSR count). The van der Waals surface area contributed by atoms with Gasteiger partial charge < -0.3 is 9.62 Å². The largest absolute Gasteiger partial charge is 0.330 e. The van der Waals surface area contributed by atoms with E-state index in [1.54, 1.807) is 11.9 Å². The van der Waals surface area contributed by atoms with Gasteiger partial charge in [-0.05, 0) is 30.9 Å². The van der Waals surface area contributed by atoms with Gasteiger partial charge in [0.1, 0.15) is 11.5 Å². The van der Waals surface area contributed by atoms with Crippen molar-refractivity contribution in [2.45, 2.75) is 31.6 Å². The van der Waals surface area contributed by atoms with E-state index < -0.39 is 0 Å². The number of nitrogens with one attached hydrogen (secondary N) is 1. The van der Waals surface area contributed by atoms with Crippen LogP contribution in [0.15, 0.2) is 57.8 Å².